The summed E-state index contributed by atoms with van der Waals surface area (Å²) in [6.45, 7) is 1.12. The van der Waals surface area contributed by atoms with Gasteiger partial charge in [0, 0.05) is 30.5 Å². The number of aryl methyl sites for hydroxylation is 1. The maximum Gasteiger partial charge on any atom is 0.212 e. The zero-order chi connectivity index (χ0) is 9.80. The maximum absolute atomic E-state index is 8.79. The van der Waals surface area contributed by atoms with Crippen LogP contribution in [0, 0.1) is 0 Å². The van der Waals surface area contributed by atoms with Gasteiger partial charge in [-0.05, 0) is 12.1 Å². The molecule has 0 bridgehead atoms. The Morgan fingerprint density at radius 3 is 2.60 bits per heavy atom. The van der Waals surface area contributed by atoms with Crippen LogP contribution in [0.2, 0.25) is 0 Å². The van der Waals surface area contributed by atoms with Gasteiger partial charge in [0.15, 0.2) is 12.7 Å². The van der Waals surface area contributed by atoms with Gasteiger partial charge in [-0.15, -0.1) is 0 Å². The number of fused-ring (bicyclic) bond motifs is 1. The molecular weight excluding hydrogens is 301 g/mol. The molecule has 1 heterocycles. The summed E-state index contributed by atoms with van der Waals surface area (Å²) in [6.07, 6.45) is 2.86. The highest BCUT2D eigenvalue weighted by atomic mass is 127. The van der Waals surface area contributed by atoms with Crippen molar-refractivity contribution in [2.75, 3.05) is 6.61 Å². The molecule has 3 heteroatoms. The fourth-order valence-corrected chi connectivity index (χ4v) is 1.66. The minimum atomic E-state index is 0. The van der Waals surface area contributed by atoms with E-state index in [2.05, 4.69) is 29.0 Å². The number of rotatable bonds is 3. The van der Waals surface area contributed by atoms with Crippen LogP contribution in [0.25, 0.3) is 10.9 Å². The zero-order valence-corrected chi connectivity index (χ0v) is 10.6. The van der Waals surface area contributed by atoms with Crippen LogP contribution in [0.15, 0.2) is 42.6 Å². The highest BCUT2D eigenvalue weighted by Crippen LogP contribution is 2.07. The highest BCUT2D eigenvalue weighted by molar-refractivity contribution is 5.74. The Morgan fingerprint density at radius 1 is 1.07 bits per heavy atom. The number of para-hydroxylation sites is 1. The van der Waals surface area contributed by atoms with E-state index in [1.807, 2.05) is 18.2 Å². The van der Waals surface area contributed by atoms with Crippen molar-refractivity contribution in [3.8, 4) is 0 Å². The number of hydrogen-bond donors (Lipinski definition) is 1. The van der Waals surface area contributed by atoms with Crippen LogP contribution in [0.4, 0.5) is 0 Å². The van der Waals surface area contributed by atoms with Crippen molar-refractivity contribution in [2.45, 2.75) is 13.0 Å². The smallest absolute Gasteiger partial charge is 0.212 e. The summed E-state index contributed by atoms with van der Waals surface area (Å²) in [5.41, 5.74) is 1.23. The number of aromatic nitrogens is 1. The second kappa shape index (κ2) is 6.02. The topological polar surface area (TPSA) is 24.1 Å². The average molecular weight is 315 g/mol. The molecule has 2 aromatic rings. The van der Waals surface area contributed by atoms with Crippen LogP contribution in [0.5, 0.6) is 0 Å². The molecule has 0 amide bonds. The molecule has 80 valence electrons. The molecule has 0 saturated carbocycles. The van der Waals surface area contributed by atoms with E-state index in [0.29, 0.717) is 0 Å². The van der Waals surface area contributed by atoms with Gasteiger partial charge >= 0.3 is 0 Å². The molecule has 2 nitrogen and oxygen atoms in total. The number of halogens is 1. The molecule has 0 saturated heterocycles. The van der Waals surface area contributed by atoms with E-state index in [9.17, 15) is 0 Å². The lowest BCUT2D eigenvalue weighted by atomic mass is 10.2. The molecule has 0 aliphatic heterocycles. The summed E-state index contributed by atoms with van der Waals surface area (Å²) in [6, 6.07) is 12.4. The van der Waals surface area contributed by atoms with E-state index in [4.69, 9.17) is 5.11 Å². The molecule has 1 N–H and O–H groups in total. The van der Waals surface area contributed by atoms with E-state index < -0.39 is 0 Å². The Bertz CT molecular complexity index is 425. The summed E-state index contributed by atoms with van der Waals surface area (Å²) in [7, 11) is 0. The molecular formula is C12H14INO. The Morgan fingerprint density at radius 2 is 1.80 bits per heavy atom. The van der Waals surface area contributed by atoms with Crippen molar-refractivity contribution in [1.29, 1.82) is 0 Å². The third kappa shape index (κ3) is 2.89. The summed E-state index contributed by atoms with van der Waals surface area (Å²) < 4.78 is 2.17. The maximum atomic E-state index is 8.79. The minimum absolute atomic E-state index is 0. The summed E-state index contributed by atoms with van der Waals surface area (Å²) in [5, 5.41) is 10.0. The van der Waals surface area contributed by atoms with Crippen LogP contribution >= 0.6 is 0 Å². The molecule has 1 aromatic carbocycles. The zero-order valence-electron chi connectivity index (χ0n) is 8.44. The van der Waals surface area contributed by atoms with Gasteiger partial charge in [0.05, 0.1) is 0 Å². The van der Waals surface area contributed by atoms with Crippen LogP contribution in [-0.4, -0.2) is 11.7 Å². The van der Waals surface area contributed by atoms with Gasteiger partial charge in [-0.25, -0.2) is 0 Å². The summed E-state index contributed by atoms with van der Waals surface area (Å²) >= 11 is 0. The van der Waals surface area contributed by atoms with Crippen molar-refractivity contribution in [3.63, 3.8) is 0 Å². The second-order valence-corrected chi connectivity index (χ2v) is 3.34. The van der Waals surface area contributed by atoms with Crippen LogP contribution in [-0.2, 0) is 6.54 Å². The predicted octanol–water partition coefficient (Wildman–Crippen LogP) is -1.49. The summed E-state index contributed by atoms with van der Waals surface area (Å²) in [4.78, 5) is 0. The minimum Gasteiger partial charge on any atom is -1.00 e. The van der Waals surface area contributed by atoms with Crippen molar-refractivity contribution in [1.82, 2.24) is 0 Å². The molecule has 0 radical (unpaired) electrons. The first-order chi connectivity index (χ1) is 6.92. The van der Waals surface area contributed by atoms with E-state index in [-0.39, 0.29) is 30.6 Å². The lowest BCUT2D eigenvalue weighted by molar-refractivity contribution is -0.672. The van der Waals surface area contributed by atoms with Crippen LogP contribution < -0.4 is 28.5 Å². The normalized spacial score (nSPS) is 9.93. The van der Waals surface area contributed by atoms with E-state index >= 15 is 0 Å². The monoisotopic (exact) mass is 315 g/mol. The number of hydrogen-bond acceptors (Lipinski definition) is 1. The molecule has 0 fully saturated rings. The van der Waals surface area contributed by atoms with Gasteiger partial charge in [0.1, 0.15) is 0 Å². The second-order valence-electron chi connectivity index (χ2n) is 3.34. The average Bonchev–Trinajstić information content (AvgIpc) is 2.26. The van der Waals surface area contributed by atoms with Gasteiger partial charge in [0.2, 0.25) is 5.52 Å². The quantitative estimate of drug-likeness (QED) is 0.542. The van der Waals surface area contributed by atoms with Crippen molar-refractivity contribution in [3.05, 3.63) is 42.6 Å². The lowest BCUT2D eigenvalue weighted by Gasteiger charge is -1.99. The molecule has 1 aromatic heterocycles. The number of benzene rings is 1. The van der Waals surface area contributed by atoms with Gasteiger partial charge in [-0.1, -0.05) is 12.1 Å². The first-order valence-electron chi connectivity index (χ1n) is 4.90. The first-order valence-corrected chi connectivity index (χ1v) is 4.90. The number of aliphatic hydroxyl groups is 1. The van der Waals surface area contributed by atoms with E-state index in [1.54, 1.807) is 0 Å². The Labute approximate surface area is 107 Å². The molecule has 15 heavy (non-hydrogen) atoms. The first kappa shape index (κ1) is 12.4. The third-order valence-corrected chi connectivity index (χ3v) is 2.35. The Balaban J connectivity index is 0.00000112. The molecule has 0 spiro atoms. The molecule has 0 aliphatic rings. The van der Waals surface area contributed by atoms with Crippen molar-refractivity contribution >= 4 is 10.9 Å². The van der Waals surface area contributed by atoms with Crippen molar-refractivity contribution < 1.29 is 33.7 Å². The van der Waals surface area contributed by atoms with Gasteiger partial charge in [-0.3, -0.25) is 0 Å². The lowest BCUT2D eigenvalue weighted by Crippen LogP contribution is -3.00. The van der Waals surface area contributed by atoms with Crippen LogP contribution in [0.1, 0.15) is 6.42 Å². The molecule has 0 unspecified atom stereocenters. The van der Waals surface area contributed by atoms with Gasteiger partial charge in [0.25, 0.3) is 0 Å². The van der Waals surface area contributed by atoms with Gasteiger partial charge in [-0.2, -0.15) is 4.57 Å². The number of pyridine rings is 1. The molecule has 0 aliphatic carbocycles. The third-order valence-electron chi connectivity index (χ3n) is 2.35. The van der Waals surface area contributed by atoms with E-state index in [1.165, 1.54) is 10.9 Å². The number of nitrogens with zero attached hydrogens (tertiary/aromatic N) is 1. The Kier molecular flexibility index (Phi) is 4.98. The van der Waals surface area contributed by atoms with E-state index in [0.717, 1.165) is 13.0 Å². The molecule has 0 atom stereocenters. The predicted molar refractivity (Wildman–Crippen MR) is 55.8 cm³/mol. The number of aliphatic hydroxyl groups excluding tert-OH is 1. The Hall–Kier alpha value is -0.680. The van der Waals surface area contributed by atoms with Gasteiger partial charge < -0.3 is 29.1 Å². The fraction of sp³-hybridized carbons (Fsp3) is 0.250. The van der Waals surface area contributed by atoms with Crippen LogP contribution in [0.3, 0.4) is 0 Å². The molecule has 2 rings (SSSR count). The SMILES string of the molecule is OCCC[n+]1cccc2ccccc21.[I-]. The fourth-order valence-electron chi connectivity index (χ4n) is 1.66. The standard InChI is InChI=1S/C12H14NO.HI/c14-10-4-9-13-8-3-6-11-5-1-2-7-12(11)13;/h1-3,5-8,14H,4,9-10H2;1H/q+1;/p-1. The highest BCUT2D eigenvalue weighted by Gasteiger charge is 2.05. The van der Waals surface area contributed by atoms with Crippen molar-refractivity contribution in [2.24, 2.45) is 0 Å². The summed E-state index contributed by atoms with van der Waals surface area (Å²) in [5.74, 6) is 0. The largest absolute Gasteiger partial charge is 1.00 e.